The highest BCUT2D eigenvalue weighted by molar-refractivity contribution is 7.80. The van der Waals surface area contributed by atoms with Crippen LogP contribution in [-0.2, 0) is 11.3 Å². The molecular weight excluding hydrogens is 334 g/mol. The van der Waals surface area contributed by atoms with Crippen molar-refractivity contribution >= 4 is 29.0 Å². The van der Waals surface area contributed by atoms with Crippen LogP contribution in [0.5, 0.6) is 0 Å². The number of aromatic nitrogens is 1. The van der Waals surface area contributed by atoms with Gasteiger partial charge < -0.3 is 15.0 Å². The molecule has 1 aromatic heterocycles. The van der Waals surface area contributed by atoms with Gasteiger partial charge in [-0.05, 0) is 73.9 Å². The van der Waals surface area contributed by atoms with Crippen LogP contribution in [-0.4, -0.2) is 33.6 Å². The first-order chi connectivity index (χ1) is 12.2. The molecule has 0 aliphatic heterocycles. The van der Waals surface area contributed by atoms with Gasteiger partial charge in [0.15, 0.2) is 5.11 Å². The molecule has 0 atom stereocenters. The second-order valence-corrected chi connectivity index (χ2v) is 6.33. The van der Waals surface area contributed by atoms with Gasteiger partial charge in [0.25, 0.3) is 0 Å². The van der Waals surface area contributed by atoms with Crippen molar-refractivity contribution in [2.75, 3.05) is 11.9 Å². The average molecular weight is 355 g/mol. The number of carbonyl (C=O) groups excluding carboxylic acids is 1. The predicted octanol–water partition coefficient (Wildman–Crippen LogP) is 3.62. The van der Waals surface area contributed by atoms with Gasteiger partial charge in [-0.3, -0.25) is 4.98 Å². The minimum absolute atomic E-state index is 0.311. The van der Waals surface area contributed by atoms with Crippen LogP contribution in [0.4, 0.5) is 5.69 Å². The third kappa shape index (κ3) is 4.76. The lowest BCUT2D eigenvalue weighted by Crippen LogP contribution is -2.36. The third-order valence-electron chi connectivity index (χ3n) is 4.00. The van der Waals surface area contributed by atoms with E-state index in [0.717, 1.165) is 25.1 Å². The fourth-order valence-corrected chi connectivity index (χ4v) is 2.87. The maximum Gasteiger partial charge on any atom is 0.338 e. The molecule has 0 unspecified atom stereocenters. The zero-order valence-corrected chi connectivity index (χ0v) is 15.0. The van der Waals surface area contributed by atoms with Gasteiger partial charge >= 0.3 is 5.97 Å². The van der Waals surface area contributed by atoms with Gasteiger partial charge in [-0.25, -0.2) is 4.79 Å². The molecule has 0 spiro atoms. The quantitative estimate of drug-likeness (QED) is 0.631. The summed E-state index contributed by atoms with van der Waals surface area (Å²) in [4.78, 5) is 18.0. The average Bonchev–Trinajstić information content (AvgIpc) is 3.46. The highest BCUT2D eigenvalue weighted by Crippen LogP contribution is 2.29. The van der Waals surface area contributed by atoms with E-state index in [1.54, 1.807) is 31.5 Å². The summed E-state index contributed by atoms with van der Waals surface area (Å²) in [5.74, 6) is -0.311. The Kier molecular flexibility index (Phi) is 5.60. The Morgan fingerprint density at radius 1 is 1.24 bits per heavy atom. The van der Waals surface area contributed by atoms with Gasteiger partial charge in [0.05, 0.1) is 12.2 Å². The normalized spacial score (nSPS) is 13.2. The number of thiocarbonyl (C=S) groups is 1. The molecule has 130 valence electrons. The molecule has 0 bridgehead atoms. The number of ether oxygens (including phenoxy) is 1. The summed E-state index contributed by atoms with van der Waals surface area (Å²) in [5.41, 5.74) is 2.58. The van der Waals surface area contributed by atoms with E-state index < -0.39 is 0 Å². The summed E-state index contributed by atoms with van der Waals surface area (Å²) in [5, 5.41) is 3.97. The van der Waals surface area contributed by atoms with Gasteiger partial charge in [-0.2, -0.15) is 0 Å². The molecule has 1 fully saturated rings. The molecule has 2 aromatic rings. The molecular formula is C19H21N3O2S. The SMILES string of the molecule is CCOC(=O)c1ccc(NC(=S)N(Cc2ccncc2)C2CC2)cc1. The van der Waals surface area contributed by atoms with Crippen molar-refractivity contribution in [3.05, 3.63) is 59.9 Å². The van der Waals surface area contributed by atoms with Gasteiger partial charge in [-0.15, -0.1) is 0 Å². The van der Waals surface area contributed by atoms with Crippen LogP contribution in [0.3, 0.4) is 0 Å². The summed E-state index contributed by atoms with van der Waals surface area (Å²) in [7, 11) is 0. The van der Waals surface area contributed by atoms with Crippen LogP contribution in [0, 0.1) is 0 Å². The van der Waals surface area contributed by atoms with Crippen LogP contribution in [0.25, 0.3) is 0 Å². The summed E-state index contributed by atoms with van der Waals surface area (Å²) in [6.07, 6.45) is 5.92. The predicted molar refractivity (Wildman–Crippen MR) is 101 cm³/mol. The standard InChI is InChI=1S/C19H21N3O2S/c1-2-24-18(23)15-3-5-16(6-4-15)21-19(25)22(17-7-8-17)13-14-9-11-20-12-10-14/h3-6,9-12,17H,2,7-8,13H2,1H3,(H,21,25). The summed E-state index contributed by atoms with van der Waals surface area (Å²) < 4.78 is 4.99. The molecule has 1 saturated carbocycles. The van der Waals surface area contributed by atoms with Crippen LogP contribution in [0.2, 0.25) is 0 Å². The number of hydrogen-bond donors (Lipinski definition) is 1. The van der Waals surface area contributed by atoms with Crippen molar-refractivity contribution in [1.82, 2.24) is 9.88 Å². The van der Waals surface area contributed by atoms with Gasteiger partial charge in [0.1, 0.15) is 0 Å². The lowest BCUT2D eigenvalue weighted by molar-refractivity contribution is 0.0526. The summed E-state index contributed by atoms with van der Waals surface area (Å²) in [6, 6.07) is 11.7. The summed E-state index contributed by atoms with van der Waals surface area (Å²) >= 11 is 5.61. The van der Waals surface area contributed by atoms with Crippen LogP contribution in [0.15, 0.2) is 48.8 Å². The van der Waals surface area contributed by atoms with Gasteiger partial charge in [-0.1, -0.05) is 0 Å². The van der Waals surface area contributed by atoms with Crippen LogP contribution < -0.4 is 5.32 Å². The number of rotatable bonds is 6. The Morgan fingerprint density at radius 3 is 2.52 bits per heavy atom. The third-order valence-corrected chi connectivity index (χ3v) is 4.33. The number of carbonyl (C=O) groups is 1. The smallest absolute Gasteiger partial charge is 0.338 e. The molecule has 5 nitrogen and oxygen atoms in total. The van der Waals surface area contributed by atoms with E-state index in [-0.39, 0.29) is 5.97 Å². The highest BCUT2D eigenvalue weighted by atomic mass is 32.1. The van der Waals surface area contributed by atoms with E-state index in [9.17, 15) is 4.79 Å². The molecule has 0 radical (unpaired) electrons. The minimum Gasteiger partial charge on any atom is -0.462 e. The minimum atomic E-state index is -0.311. The zero-order valence-electron chi connectivity index (χ0n) is 14.1. The monoisotopic (exact) mass is 355 g/mol. The lowest BCUT2D eigenvalue weighted by Gasteiger charge is -2.26. The van der Waals surface area contributed by atoms with Crippen LogP contribution in [0.1, 0.15) is 35.7 Å². The Labute approximate surface area is 153 Å². The van der Waals surface area contributed by atoms with Gasteiger partial charge in [0, 0.05) is 30.7 Å². The maximum atomic E-state index is 11.7. The number of benzene rings is 1. The Bertz CT molecular complexity index is 730. The number of pyridine rings is 1. The summed E-state index contributed by atoms with van der Waals surface area (Å²) in [6.45, 7) is 2.93. The van der Waals surface area contributed by atoms with E-state index in [1.807, 2.05) is 24.3 Å². The number of nitrogens with zero attached hydrogens (tertiary/aromatic N) is 2. The molecule has 1 N–H and O–H groups in total. The molecule has 0 saturated heterocycles. The highest BCUT2D eigenvalue weighted by Gasteiger charge is 2.30. The number of esters is 1. The Balaban J connectivity index is 1.64. The van der Waals surface area contributed by atoms with E-state index in [1.165, 1.54) is 5.56 Å². The Hall–Kier alpha value is -2.47. The second kappa shape index (κ2) is 8.07. The first-order valence-corrected chi connectivity index (χ1v) is 8.82. The van der Waals surface area contributed by atoms with Crippen molar-refractivity contribution in [3.63, 3.8) is 0 Å². The van der Waals surface area contributed by atoms with Gasteiger partial charge in [0.2, 0.25) is 0 Å². The number of hydrogen-bond acceptors (Lipinski definition) is 4. The molecule has 3 rings (SSSR count). The molecule has 25 heavy (non-hydrogen) atoms. The molecule has 1 heterocycles. The van der Waals surface area contributed by atoms with Crippen LogP contribution >= 0.6 is 12.2 Å². The molecule has 0 amide bonds. The van der Waals surface area contributed by atoms with Crippen molar-refractivity contribution in [2.45, 2.75) is 32.4 Å². The largest absolute Gasteiger partial charge is 0.462 e. The van der Waals surface area contributed by atoms with E-state index in [0.29, 0.717) is 23.3 Å². The second-order valence-electron chi connectivity index (χ2n) is 5.94. The van der Waals surface area contributed by atoms with Crippen molar-refractivity contribution in [3.8, 4) is 0 Å². The zero-order chi connectivity index (χ0) is 17.6. The fraction of sp³-hybridized carbons (Fsp3) is 0.316. The molecule has 1 aromatic carbocycles. The number of anilines is 1. The van der Waals surface area contributed by atoms with Crippen molar-refractivity contribution in [1.29, 1.82) is 0 Å². The van der Waals surface area contributed by atoms with E-state index in [4.69, 9.17) is 17.0 Å². The maximum absolute atomic E-state index is 11.7. The molecule has 1 aliphatic carbocycles. The Morgan fingerprint density at radius 2 is 1.92 bits per heavy atom. The number of nitrogens with one attached hydrogen (secondary N) is 1. The fourth-order valence-electron chi connectivity index (χ4n) is 2.54. The first-order valence-electron chi connectivity index (χ1n) is 8.41. The first kappa shape index (κ1) is 17.4. The molecule has 1 aliphatic rings. The lowest BCUT2D eigenvalue weighted by atomic mass is 10.2. The van der Waals surface area contributed by atoms with E-state index in [2.05, 4.69) is 15.2 Å². The van der Waals surface area contributed by atoms with Crippen molar-refractivity contribution < 1.29 is 9.53 Å². The topological polar surface area (TPSA) is 54.5 Å². The molecule has 6 heteroatoms. The van der Waals surface area contributed by atoms with Crippen molar-refractivity contribution in [2.24, 2.45) is 0 Å². The van der Waals surface area contributed by atoms with E-state index >= 15 is 0 Å².